The van der Waals surface area contributed by atoms with Crippen molar-refractivity contribution < 1.29 is 28.4 Å². The summed E-state index contributed by atoms with van der Waals surface area (Å²) in [5, 5.41) is 4.04. The third-order valence-corrected chi connectivity index (χ3v) is 14.4. The van der Waals surface area contributed by atoms with E-state index in [2.05, 4.69) is 57.2 Å². The first kappa shape index (κ1) is 34.6. The molecular formula is C34H52O6Si3. The van der Waals surface area contributed by atoms with Crippen LogP contribution in [0.15, 0.2) is 54.6 Å². The van der Waals surface area contributed by atoms with Crippen LogP contribution in [-0.2, 0) is 0 Å². The highest BCUT2D eigenvalue weighted by molar-refractivity contribution is 6.57. The third-order valence-electron chi connectivity index (χ3n) is 8.37. The summed E-state index contributed by atoms with van der Waals surface area (Å²) in [5.74, 6) is 5.88. The van der Waals surface area contributed by atoms with Crippen molar-refractivity contribution in [3.8, 4) is 34.5 Å². The van der Waals surface area contributed by atoms with Crippen LogP contribution in [0.3, 0.4) is 0 Å². The van der Waals surface area contributed by atoms with Gasteiger partial charge in [0, 0.05) is 0 Å². The molecule has 0 aliphatic heterocycles. The maximum absolute atomic E-state index is 5.79. The van der Waals surface area contributed by atoms with E-state index in [1.807, 2.05) is 18.2 Å². The average molecular weight is 641 g/mol. The molecule has 3 aromatic rings. The predicted molar refractivity (Wildman–Crippen MR) is 189 cm³/mol. The fourth-order valence-corrected chi connectivity index (χ4v) is 13.2. The molecule has 3 rings (SSSR count). The maximum Gasteiger partial charge on any atom is 0.160 e. The molecule has 0 aliphatic carbocycles. The van der Waals surface area contributed by atoms with Gasteiger partial charge in [-0.2, -0.15) is 0 Å². The minimum atomic E-state index is -0.575. The molecule has 0 fully saturated rings. The van der Waals surface area contributed by atoms with E-state index < -0.39 is 28.6 Å². The molecule has 0 bridgehead atoms. The third kappa shape index (κ3) is 9.55. The molecule has 3 unspecified atom stereocenters. The number of ether oxygens (including phenoxy) is 6. The van der Waals surface area contributed by atoms with E-state index in [1.165, 1.54) is 34.8 Å². The van der Waals surface area contributed by atoms with Crippen molar-refractivity contribution in [1.82, 2.24) is 0 Å². The normalized spacial score (nSPS) is 14.7. The summed E-state index contributed by atoms with van der Waals surface area (Å²) in [4.78, 5) is 0. The second kappa shape index (κ2) is 17.4. The van der Waals surface area contributed by atoms with E-state index in [1.54, 1.807) is 42.7 Å². The minimum absolute atomic E-state index is 0.575. The molecule has 236 valence electrons. The van der Waals surface area contributed by atoms with Gasteiger partial charge in [0.1, 0.15) is 0 Å². The second-order valence-electron chi connectivity index (χ2n) is 12.0. The Labute approximate surface area is 266 Å². The molecule has 6 nitrogen and oxygen atoms in total. The Bertz CT molecular complexity index is 1130. The number of hydrogen-bond acceptors (Lipinski definition) is 6. The van der Waals surface area contributed by atoms with Gasteiger partial charge in [-0.25, -0.2) is 0 Å². The Hall–Kier alpha value is -2.89. The summed E-state index contributed by atoms with van der Waals surface area (Å²) in [7, 11) is 8.68. The highest BCUT2D eigenvalue weighted by Gasteiger charge is 2.24. The molecule has 0 aliphatic rings. The van der Waals surface area contributed by atoms with Crippen LogP contribution in [0.2, 0.25) is 16.6 Å². The zero-order valence-corrected chi connectivity index (χ0v) is 31.9. The van der Waals surface area contributed by atoms with Crippen LogP contribution in [-0.4, -0.2) is 71.2 Å². The smallest absolute Gasteiger partial charge is 0.160 e. The molecular weight excluding hydrogens is 589 g/mol. The first-order valence-electron chi connectivity index (χ1n) is 15.4. The number of benzene rings is 3. The summed E-state index contributed by atoms with van der Waals surface area (Å²) >= 11 is 0. The predicted octanol–water partition coefficient (Wildman–Crippen LogP) is 3.73. The van der Waals surface area contributed by atoms with Crippen LogP contribution in [0.4, 0.5) is 0 Å². The monoisotopic (exact) mass is 640 g/mol. The van der Waals surface area contributed by atoms with Crippen LogP contribution in [0, 0.1) is 5.92 Å². The standard InChI is InChI=1S/C34H52O6Si3/c1-22(41-29-16-10-13-26(35-4)32(29)38-7)19-25(20-23(2)42-30-17-11-14-27(36-5)33(30)39-8)21-24(3)43-31-18-12-15-28(37-6)34(31)40-9/h10-18,22-25H,19-21,41-43H2,1-9H3. The lowest BCUT2D eigenvalue weighted by atomic mass is 9.93. The van der Waals surface area contributed by atoms with Crippen molar-refractivity contribution in [3.63, 3.8) is 0 Å². The van der Waals surface area contributed by atoms with Gasteiger partial charge in [-0.05, 0) is 56.3 Å². The van der Waals surface area contributed by atoms with Crippen molar-refractivity contribution in [3.05, 3.63) is 54.6 Å². The van der Waals surface area contributed by atoms with Gasteiger partial charge in [0.2, 0.25) is 0 Å². The molecule has 0 amide bonds. The van der Waals surface area contributed by atoms with Gasteiger partial charge in [-0.3, -0.25) is 0 Å². The van der Waals surface area contributed by atoms with Crippen molar-refractivity contribution >= 4 is 44.1 Å². The van der Waals surface area contributed by atoms with Crippen LogP contribution < -0.4 is 44.0 Å². The highest BCUT2D eigenvalue weighted by Crippen LogP contribution is 2.34. The molecule has 0 radical (unpaired) electrons. The van der Waals surface area contributed by atoms with Crippen molar-refractivity contribution in [2.45, 2.75) is 56.7 Å². The fraction of sp³-hybridized carbons (Fsp3) is 0.471. The number of hydrogen-bond donors (Lipinski definition) is 0. The van der Waals surface area contributed by atoms with Crippen LogP contribution in [0.1, 0.15) is 40.0 Å². The van der Waals surface area contributed by atoms with Gasteiger partial charge in [-0.15, -0.1) is 0 Å². The van der Waals surface area contributed by atoms with E-state index >= 15 is 0 Å². The minimum Gasteiger partial charge on any atom is -0.493 e. The van der Waals surface area contributed by atoms with E-state index in [-0.39, 0.29) is 0 Å². The SMILES string of the molecule is COc1cccc([SiH2]C(C)CC(CC(C)[SiH2]c2cccc(OC)c2OC)CC(C)[SiH2]c2cccc(OC)c2OC)c1OC. The second-order valence-corrected chi connectivity index (χ2v) is 19.7. The lowest BCUT2D eigenvalue weighted by molar-refractivity contribution is 0.357. The van der Waals surface area contributed by atoms with Gasteiger partial charge in [-0.1, -0.05) is 76.4 Å². The Morgan fingerprint density at radius 1 is 0.442 bits per heavy atom. The summed E-state index contributed by atoms with van der Waals surface area (Å²) < 4.78 is 34.2. The van der Waals surface area contributed by atoms with E-state index in [4.69, 9.17) is 28.4 Å². The maximum atomic E-state index is 5.79. The lowest BCUT2D eigenvalue weighted by Crippen LogP contribution is -2.26. The Morgan fingerprint density at radius 3 is 0.953 bits per heavy atom. The van der Waals surface area contributed by atoms with E-state index in [0.29, 0.717) is 22.5 Å². The Kier molecular flexibility index (Phi) is 14.0. The molecule has 0 saturated heterocycles. The van der Waals surface area contributed by atoms with Gasteiger partial charge < -0.3 is 28.4 Å². The zero-order valence-electron chi connectivity index (χ0n) is 27.7. The molecule has 0 saturated carbocycles. The Balaban J connectivity index is 1.80. The van der Waals surface area contributed by atoms with Gasteiger partial charge in [0.25, 0.3) is 0 Å². The molecule has 0 heterocycles. The fourth-order valence-electron chi connectivity index (χ4n) is 6.72. The summed E-state index contributed by atoms with van der Waals surface area (Å²) in [6, 6.07) is 18.9. The molecule has 3 atom stereocenters. The highest BCUT2D eigenvalue weighted by atomic mass is 28.2. The number of para-hydroxylation sites is 3. The van der Waals surface area contributed by atoms with Crippen LogP contribution >= 0.6 is 0 Å². The molecule has 3 aromatic carbocycles. The molecule has 0 N–H and O–H groups in total. The van der Waals surface area contributed by atoms with Crippen LogP contribution in [0.5, 0.6) is 34.5 Å². The summed E-state index contributed by atoms with van der Waals surface area (Å²) in [6.45, 7) is 7.33. The van der Waals surface area contributed by atoms with E-state index in [0.717, 1.165) is 34.5 Å². The van der Waals surface area contributed by atoms with Gasteiger partial charge in [0.15, 0.2) is 34.5 Å². The molecule has 0 spiro atoms. The topological polar surface area (TPSA) is 55.4 Å². The largest absolute Gasteiger partial charge is 0.493 e. The van der Waals surface area contributed by atoms with Crippen molar-refractivity contribution in [1.29, 1.82) is 0 Å². The quantitative estimate of drug-likeness (QED) is 0.198. The van der Waals surface area contributed by atoms with Gasteiger partial charge in [0.05, 0.1) is 71.2 Å². The number of rotatable bonds is 18. The number of methoxy groups -OCH3 is 6. The summed E-state index contributed by atoms with van der Waals surface area (Å²) in [6.07, 6.45) is 3.69. The first-order chi connectivity index (χ1) is 20.8. The average Bonchev–Trinajstić information content (AvgIpc) is 3.00. The molecule has 9 heteroatoms. The van der Waals surface area contributed by atoms with Crippen molar-refractivity contribution in [2.24, 2.45) is 5.92 Å². The Morgan fingerprint density at radius 2 is 0.721 bits per heavy atom. The van der Waals surface area contributed by atoms with E-state index in [9.17, 15) is 0 Å². The molecule has 0 aromatic heterocycles. The van der Waals surface area contributed by atoms with Crippen molar-refractivity contribution in [2.75, 3.05) is 42.7 Å². The lowest BCUT2D eigenvalue weighted by Gasteiger charge is -2.27. The van der Waals surface area contributed by atoms with Gasteiger partial charge >= 0.3 is 0 Å². The van der Waals surface area contributed by atoms with Crippen LogP contribution in [0.25, 0.3) is 0 Å². The first-order valence-corrected chi connectivity index (χ1v) is 19.9. The zero-order chi connectivity index (χ0) is 31.4. The summed E-state index contributed by atoms with van der Waals surface area (Å²) in [5.41, 5.74) is 1.93. The molecule has 43 heavy (non-hydrogen) atoms.